The van der Waals surface area contributed by atoms with Gasteiger partial charge in [0.25, 0.3) is 0 Å². The molecular formula is C16H21ClO6. The molecule has 0 aliphatic carbocycles. The molecule has 1 aromatic rings. The topological polar surface area (TPSA) is 93.1 Å². The molecule has 7 heteroatoms. The summed E-state index contributed by atoms with van der Waals surface area (Å²) in [5.41, 5.74) is 0.138. The average molecular weight is 345 g/mol. The van der Waals surface area contributed by atoms with E-state index in [4.69, 9.17) is 31.3 Å². The number of hydrogen-bond acceptors (Lipinski definition) is 6. The molecule has 23 heavy (non-hydrogen) atoms. The zero-order valence-electron chi connectivity index (χ0n) is 12.8. The van der Waals surface area contributed by atoms with E-state index >= 15 is 0 Å². The summed E-state index contributed by atoms with van der Waals surface area (Å²) in [6, 6.07) is 4.27. The lowest BCUT2D eigenvalue weighted by molar-refractivity contribution is 0.0446. The fourth-order valence-corrected chi connectivity index (χ4v) is 1.95. The number of rotatable bonds is 10. The third-order valence-electron chi connectivity index (χ3n) is 2.99. The van der Waals surface area contributed by atoms with E-state index in [-0.39, 0.29) is 37.6 Å². The van der Waals surface area contributed by atoms with Crippen LogP contribution in [0.25, 0.3) is 0 Å². The fourth-order valence-electron chi connectivity index (χ4n) is 1.78. The van der Waals surface area contributed by atoms with Gasteiger partial charge in [0.05, 0.1) is 24.3 Å². The van der Waals surface area contributed by atoms with E-state index in [9.17, 15) is 9.59 Å². The van der Waals surface area contributed by atoms with E-state index < -0.39 is 11.9 Å². The van der Waals surface area contributed by atoms with Crippen LogP contribution in [0.2, 0.25) is 5.02 Å². The first-order valence-electron chi connectivity index (χ1n) is 7.45. The SMILES string of the molecule is O=C(OCCCCO)c1ccc(Cl)cc1C(=O)OCCCCO. The second-order valence-corrected chi connectivity index (χ2v) is 5.26. The third-order valence-corrected chi connectivity index (χ3v) is 3.23. The van der Waals surface area contributed by atoms with Crippen molar-refractivity contribution in [2.45, 2.75) is 25.7 Å². The van der Waals surface area contributed by atoms with Crippen LogP contribution in [0.15, 0.2) is 18.2 Å². The van der Waals surface area contributed by atoms with Crippen molar-refractivity contribution >= 4 is 23.5 Å². The quantitative estimate of drug-likeness (QED) is 0.499. The molecule has 0 fully saturated rings. The first-order chi connectivity index (χ1) is 11.1. The van der Waals surface area contributed by atoms with E-state index in [2.05, 4.69) is 0 Å². The Morgan fingerprint density at radius 1 is 0.870 bits per heavy atom. The van der Waals surface area contributed by atoms with Crippen LogP contribution < -0.4 is 0 Å². The Morgan fingerprint density at radius 2 is 1.39 bits per heavy atom. The van der Waals surface area contributed by atoms with Crippen molar-refractivity contribution in [3.05, 3.63) is 34.3 Å². The van der Waals surface area contributed by atoms with Gasteiger partial charge in [-0.15, -0.1) is 0 Å². The largest absolute Gasteiger partial charge is 0.462 e. The molecule has 1 aromatic carbocycles. The highest BCUT2D eigenvalue weighted by Gasteiger charge is 2.20. The number of unbranched alkanes of at least 4 members (excludes halogenated alkanes) is 2. The van der Waals surface area contributed by atoms with Crippen molar-refractivity contribution in [3.63, 3.8) is 0 Å². The summed E-state index contributed by atoms with van der Waals surface area (Å²) in [5, 5.41) is 17.7. The van der Waals surface area contributed by atoms with E-state index in [0.29, 0.717) is 30.7 Å². The number of esters is 2. The van der Waals surface area contributed by atoms with Crippen molar-refractivity contribution in [2.75, 3.05) is 26.4 Å². The molecule has 0 atom stereocenters. The number of benzene rings is 1. The number of halogens is 1. The number of aliphatic hydroxyl groups excluding tert-OH is 2. The van der Waals surface area contributed by atoms with Gasteiger partial charge < -0.3 is 19.7 Å². The summed E-state index contributed by atoms with van der Waals surface area (Å²) in [6.45, 7) is 0.369. The van der Waals surface area contributed by atoms with Crippen LogP contribution in [0.1, 0.15) is 46.4 Å². The fraction of sp³-hybridized carbons (Fsp3) is 0.500. The maximum Gasteiger partial charge on any atom is 0.339 e. The minimum absolute atomic E-state index is 0.0279. The molecule has 0 aliphatic rings. The zero-order valence-corrected chi connectivity index (χ0v) is 13.6. The minimum Gasteiger partial charge on any atom is -0.462 e. The van der Waals surface area contributed by atoms with Crippen molar-refractivity contribution in [1.29, 1.82) is 0 Å². The van der Waals surface area contributed by atoms with E-state index in [0.717, 1.165) is 0 Å². The first-order valence-corrected chi connectivity index (χ1v) is 7.83. The summed E-state index contributed by atoms with van der Waals surface area (Å²) in [7, 11) is 0. The smallest absolute Gasteiger partial charge is 0.339 e. The Balaban J connectivity index is 2.71. The van der Waals surface area contributed by atoms with E-state index in [1.54, 1.807) is 0 Å². The van der Waals surface area contributed by atoms with Gasteiger partial charge in [0.15, 0.2) is 0 Å². The summed E-state index contributed by atoms with van der Waals surface area (Å²) < 4.78 is 10.1. The molecule has 6 nitrogen and oxygen atoms in total. The number of hydrogen-bond donors (Lipinski definition) is 2. The van der Waals surface area contributed by atoms with Crippen molar-refractivity contribution < 1.29 is 29.3 Å². The Hall–Kier alpha value is -1.63. The Morgan fingerprint density at radius 3 is 1.91 bits per heavy atom. The van der Waals surface area contributed by atoms with Crippen LogP contribution in [0.4, 0.5) is 0 Å². The van der Waals surface area contributed by atoms with Gasteiger partial charge in [-0.25, -0.2) is 9.59 Å². The standard InChI is InChI=1S/C16H21ClO6/c17-12-5-6-13(15(20)22-9-3-1-7-18)14(11-12)16(21)23-10-4-2-8-19/h5-6,11,18-19H,1-4,7-10H2. The lowest BCUT2D eigenvalue weighted by Gasteiger charge is -2.10. The van der Waals surface area contributed by atoms with Crippen LogP contribution in [0.5, 0.6) is 0 Å². The summed E-state index contributed by atoms with van der Waals surface area (Å²) >= 11 is 5.87. The van der Waals surface area contributed by atoms with Gasteiger partial charge in [-0.2, -0.15) is 0 Å². The lowest BCUT2D eigenvalue weighted by Crippen LogP contribution is -2.15. The molecule has 128 valence electrons. The van der Waals surface area contributed by atoms with Gasteiger partial charge in [-0.1, -0.05) is 11.6 Å². The number of ether oxygens (including phenoxy) is 2. The van der Waals surface area contributed by atoms with Crippen molar-refractivity contribution in [2.24, 2.45) is 0 Å². The molecule has 0 radical (unpaired) electrons. The van der Waals surface area contributed by atoms with Gasteiger partial charge >= 0.3 is 11.9 Å². The van der Waals surface area contributed by atoms with Crippen LogP contribution in [0, 0.1) is 0 Å². The molecule has 2 N–H and O–H groups in total. The molecule has 0 amide bonds. The minimum atomic E-state index is -0.659. The molecule has 0 saturated carbocycles. The second kappa shape index (κ2) is 11.0. The van der Waals surface area contributed by atoms with Gasteiger partial charge in [-0.05, 0) is 43.9 Å². The Kier molecular flexibility index (Phi) is 9.28. The van der Waals surface area contributed by atoms with Gasteiger partial charge in [0, 0.05) is 18.2 Å². The van der Waals surface area contributed by atoms with Crippen LogP contribution in [-0.2, 0) is 9.47 Å². The van der Waals surface area contributed by atoms with Crippen molar-refractivity contribution in [3.8, 4) is 0 Å². The monoisotopic (exact) mass is 344 g/mol. The highest BCUT2D eigenvalue weighted by Crippen LogP contribution is 2.18. The molecule has 0 heterocycles. The summed E-state index contributed by atoms with van der Waals surface area (Å²) in [4.78, 5) is 24.1. The highest BCUT2D eigenvalue weighted by atomic mass is 35.5. The van der Waals surface area contributed by atoms with Crippen LogP contribution in [-0.4, -0.2) is 48.6 Å². The average Bonchev–Trinajstić information content (AvgIpc) is 2.55. The predicted octanol–water partition coefficient (Wildman–Crippen LogP) is 2.20. The number of carbonyl (C=O) groups excluding carboxylic acids is 2. The van der Waals surface area contributed by atoms with E-state index in [1.807, 2.05) is 0 Å². The molecule has 1 rings (SSSR count). The van der Waals surface area contributed by atoms with Gasteiger partial charge in [0.2, 0.25) is 0 Å². The summed E-state index contributed by atoms with van der Waals surface area (Å²) in [5.74, 6) is -1.30. The van der Waals surface area contributed by atoms with Gasteiger partial charge in [-0.3, -0.25) is 0 Å². The second-order valence-electron chi connectivity index (χ2n) is 4.82. The normalized spacial score (nSPS) is 10.4. The highest BCUT2D eigenvalue weighted by molar-refractivity contribution is 6.31. The lowest BCUT2D eigenvalue weighted by atomic mass is 10.1. The third kappa shape index (κ3) is 6.99. The molecular weight excluding hydrogens is 324 g/mol. The Bertz CT molecular complexity index is 517. The zero-order chi connectivity index (χ0) is 17.1. The van der Waals surface area contributed by atoms with Crippen LogP contribution >= 0.6 is 11.6 Å². The van der Waals surface area contributed by atoms with Gasteiger partial charge in [0.1, 0.15) is 0 Å². The molecule has 0 aromatic heterocycles. The van der Waals surface area contributed by atoms with Crippen LogP contribution in [0.3, 0.4) is 0 Å². The summed E-state index contributed by atoms with van der Waals surface area (Å²) in [6.07, 6.45) is 2.14. The first kappa shape index (κ1) is 19.4. The molecule has 0 bridgehead atoms. The molecule has 0 unspecified atom stereocenters. The predicted molar refractivity (Wildman–Crippen MR) is 84.7 cm³/mol. The molecule has 0 spiro atoms. The van der Waals surface area contributed by atoms with E-state index in [1.165, 1.54) is 18.2 Å². The molecule has 0 saturated heterocycles. The Labute approximate surface area is 140 Å². The maximum absolute atomic E-state index is 12.1. The molecule has 0 aliphatic heterocycles. The van der Waals surface area contributed by atoms with Crippen molar-refractivity contribution in [1.82, 2.24) is 0 Å². The number of aliphatic hydroxyl groups is 2. The maximum atomic E-state index is 12.1. The number of carbonyl (C=O) groups is 2.